The summed E-state index contributed by atoms with van der Waals surface area (Å²) in [7, 11) is 4.72. The van der Waals surface area contributed by atoms with Gasteiger partial charge in [-0.2, -0.15) is 0 Å². The van der Waals surface area contributed by atoms with Crippen LogP contribution in [0.4, 0.5) is 5.69 Å². The Hall–Kier alpha value is -3.28. The van der Waals surface area contributed by atoms with E-state index in [0.29, 0.717) is 35.7 Å². The van der Waals surface area contributed by atoms with Crippen molar-refractivity contribution in [2.45, 2.75) is 52.9 Å². The summed E-state index contributed by atoms with van der Waals surface area (Å²) in [6, 6.07) is 9.68. The Balaban J connectivity index is 1.97. The van der Waals surface area contributed by atoms with Gasteiger partial charge in [-0.15, -0.1) is 0 Å². The smallest absolute Gasteiger partial charge is 0.232 e. The zero-order valence-corrected chi connectivity index (χ0v) is 21.1. The Morgan fingerprint density at radius 3 is 2.18 bits per heavy atom. The van der Waals surface area contributed by atoms with Gasteiger partial charge in [0.1, 0.15) is 5.75 Å². The van der Waals surface area contributed by atoms with E-state index in [9.17, 15) is 9.59 Å². The predicted octanol–water partition coefficient (Wildman–Crippen LogP) is 5.49. The molecule has 1 atom stereocenters. The number of ether oxygens (including phenoxy) is 3. The number of rotatable bonds is 5. The number of hydrogen-bond donors (Lipinski definition) is 0. The first-order chi connectivity index (χ1) is 16.1. The van der Waals surface area contributed by atoms with Crippen molar-refractivity contribution in [3.8, 4) is 17.2 Å². The molecule has 180 valence electrons. The van der Waals surface area contributed by atoms with Crippen LogP contribution >= 0.6 is 0 Å². The van der Waals surface area contributed by atoms with Crippen LogP contribution in [0.25, 0.3) is 0 Å². The number of benzene rings is 2. The van der Waals surface area contributed by atoms with Crippen molar-refractivity contribution >= 4 is 17.4 Å². The summed E-state index contributed by atoms with van der Waals surface area (Å²) in [6.45, 7) is 8.18. The molecule has 0 saturated heterocycles. The highest BCUT2D eigenvalue weighted by Crippen LogP contribution is 2.51. The number of hydrogen-bond acceptors (Lipinski definition) is 5. The molecule has 34 heavy (non-hydrogen) atoms. The number of nitrogens with zero attached hydrogens (tertiary/aromatic N) is 1. The summed E-state index contributed by atoms with van der Waals surface area (Å²) in [4.78, 5) is 29.2. The van der Waals surface area contributed by atoms with E-state index in [2.05, 4.69) is 13.8 Å². The third-order valence-electron chi connectivity index (χ3n) is 6.86. The van der Waals surface area contributed by atoms with Crippen LogP contribution in [0.5, 0.6) is 17.2 Å². The topological polar surface area (TPSA) is 65.1 Å². The normalized spacial score (nSPS) is 19.7. The van der Waals surface area contributed by atoms with E-state index in [0.717, 1.165) is 28.1 Å². The van der Waals surface area contributed by atoms with Gasteiger partial charge in [-0.05, 0) is 48.9 Å². The number of aryl methyl sites for hydroxylation is 2. The standard InChI is InChI=1S/C28H33NO5/c1-16-8-9-17(2)20(10-16)29-21-14-28(3,4)15-22(30)27(21)19(12-26(29)31)18-11-24(33-6)25(34-7)13-23(18)32-5/h8-11,13,19H,12,14-15H2,1-7H3. The molecule has 0 bridgehead atoms. The second-order valence-corrected chi connectivity index (χ2v) is 10.0. The number of carbonyl (C=O) groups is 2. The van der Waals surface area contributed by atoms with Crippen molar-refractivity contribution < 1.29 is 23.8 Å². The van der Waals surface area contributed by atoms with E-state index in [4.69, 9.17) is 14.2 Å². The lowest BCUT2D eigenvalue weighted by atomic mass is 9.69. The molecule has 0 aromatic heterocycles. The maximum absolute atomic E-state index is 13.8. The summed E-state index contributed by atoms with van der Waals surface area (Å²) < 4.78 is 16.7. The summed E-state index contributed by atoms with van der Waals surface area (Å²) in [5, 5.41) is 0. The first-order valence-corrected chi connectivity index (χ1v) is 11.6. The van der Waals surface area contributed by atoms with E-state index in [1.807, 2.05) is 38.1 Å². The molecule has 1 aliphatic carbocycles. The highest BCUT2D eigenvalue weighted by molar-refractivity contribution is 6.08. The monoisotopic (exact) mass is 463 g/mol. The molecule has 4 rings (SSSR count). The summed E-state index contributed by atoms with van der Waals surface area (Å²) in [5.41, 5.74) is 4.94. The average molecular weight is 464 g/mol. The van der Waals surface area contributed by atoms with Gasteiger partial charge in [-0.25, -0.2) is 0 Å². The molecule has 0 saturated carbocycles. The van der Waals surface area contributed by atoms with E-state index >= 15 is 0 Å². The summed E-state index contributed by atoms with van der Waals surface area (Å²) in [5.74, 6) is 1.28. The number of methoxy groups -OCH3 is 3. The molecule has 2 aromatic carbocycles. The lowest BCUT2D eigenvalue weighted by molar-refractivity contribution is -0.121. The molecule has 0 N–H and O–H groups in total. The van der Waals surface area contributed by atoms with Gasteiger partial charge in [-0.1, -0.05) is 26.0 Å². The maximum atomic E-state index is 13.8. The van der Waals surface area contributed by atoms with Crippen LogP contribution in [-0.4, -0.2) is 33.0 Å². The molecule has 0 radical (unpaired) electrons. The second kappa shape index (κ2) is 8.82. The number of Topliss-reactive ketones (excluding diaryl/α,β-unsaturated/α-hetero) is 1. The first-order valence-electron chi connectivity index (χ1n) is 11.6. The number of anilines is 1. The van der Waals surface area contributed by atoms with Gasteiger partial charge in [-0.3, -0.25) is 14.5 Å². The van der Waals surface area contributed by atoms with Crippen molar-refractivity contribution in [1.82, 2.24) is 0 Å². The molecule has 2 aliphatic rings. The fourth-order valence-electron chi connectivity index (χ4n) is 5.25. The van der Waals surface area contributed by atoms with Crippen LogP contribution in [0, 0.1) is 19.3 Å². The van der Waals surface area contributed by atoms with Gasteiger partial charge in [0, 0.05) is 41.7 Å². The van der Waals surface area contributed by atoms with E-state index in [-0.39, 0.29) is 23.5 Å². The molecule has 2 aromatic rings. The molecular weight excluding hydrogens is 430 g/mol. The van der Waals surface area contributed by atoms with E-state index in [1.54, 1.807) is 32.3 Å². The van der Waals surface area contributed by atoms with Crippen LogP contribution in [-0.2, 0) is 9.59 Å². The zero-order valence-electron chi connectivity index (χ0n) is 21.1. The fourth-order valence-corrected chi connectivity index (χ4v) is 5.25. The minimum atomic E-state index is -0.415. The SMILES string of the molecule is COc1cc(OC)c(C2CC(=O)N(c3cc(C)ccc3C)C3=C2C(=O)CC(C)(C)C3)cc1OC. The quantitative estimate of drug-likeness (QED) is 0.586. The molecular formula is C28H33NO5. The maximum Gasteiger partial charge on any atom is 0.232 e. The zero-order chi connectivity index (χ0) is 24.8. The van der Waals surface area contributed by atoms with Crippen LogP contribution in [0.1, 0.15) is 55.7 Å². The van der Waals surface area contributed by atoms with Gasteiger partial charge in [0.15, 0.2) is 17.3 Å². The lowest BCUT2D eigenvalue weighted by Crippen LogP contribution is -2.44. The Morgan fingerprint density at radius 1 is 0.882 bits per heavy atom. The van der Waals surface area contributed by atoms with E-state index in [1.165, 1.54) is 0 Å². The molecule has 1 amide bonds. The Kier molecular flexibility index (Phi) is 6.19. The third kappa shape index (κ3) is 4.06. The summed E-state index contributed by atoms with van der Waals surface area (Å²) >= 11 is 0. The number of ketones is 1. The van der Waals surface area contributed by atoms with Crippen LogP contribution in [0.15, 0.2) is 41.6 Å². The van der Waals surface area contributed by atoms with Gasteiger partial charge >= 0.3 is 0 Å². The Labute approximate surface area is 201 Å². The molecule has 1 aliphatic heterocycles. The lowest BCUT2D eigenvalue weighted by Gasteiger charge is -2.43. The highest BCUT2D eigenvalue weighted by atomic mass is 16.5. The van der Waals surface area contributed by atoms with Crippen molar-refractivity contribution in [2.75, 3.05) is 26.2 Å². The van der Waals surface area contributed by atoms with Crippen LogP contribution in [0.2, 0.25) is 0 Å². The number of carbonyl (C=O) groups excluding carboxylic acids is 2. The van der Waals surface area contributed by atoms with Gasteiger partial charge in [0.25, 0.3) is 0 Å². The summed E-state index contributed by atoms with van der Waals surface area (Å²) in [6.07, 6.45) is 1.25. The Morgan fingerprint density at radius 2 is 1.53 bits per heavy atom. The van der Waals surface area contributed by atoms with Crippen molar-refractivity contribution in [3.63, 3.8) is 0 Å². The van der Waals surface area contributed by atoms with Crippen molar-refractivity contribution in [2.24, 2.45) is 5.41 Å². The average Bonchev–Trinajstić information content (AvgIpc) is 2.78. The third-order valence-corrected chi connectivity index (χ3v) is 6.86. The number of allylic oxidation sites excluding steroid dienone is 2. The van der Waals surface area contributed by atoms with Crippen LogP contribution in [0.3, 0.4) is 0 Å². The minimum Gasteiger partial charge on any atom is -0.496 e. The van der Waals surface area contributed by atoms with Gasteiger partial charge in [0.05, 0.1) is 27.0 Å². The number of amides is 1. The second-order valence-electron chi connectivity index (χ2n) is 10.0. The molecule has 6 nitrogen and oxygen atoms in total. The molecule has 1 heterocycles. The molecule has 0 fully saturated rings. The minimum absolute atomic E-state index is 0.0280. The largest absolute Gasteiger partial charge is 0.496 e. The van der Waals surface area contributed by atoms with E-state index < -0.39 is 5.92 Å². The highest BCUT2D eigenvalue weighted by Gasteiger charge is 2.45. The van der Waals surface area contributed by atoms with Crippen molar-refractivity contribution in [1.29, 1.82) is 0 Å². The van der Waals surface area contributed by atoms with Gasteiger partial charge in [0.2, 0.25) is 5.91 Å². The first kappa shape index (κ1) is 23.9. The Bertz CT molecular complexity index is 1190. The van der Waals surface area contributed by atoms with Crippen molar-refractivity contribution in [3.05, 3.63) is 58.3 Å². The van der Waals surface area contributed by atoms with Crippen LogP contribution < -0.4 is 19.1 Å². The fraction of sp³-hybridized carbons (Fsp3) is 0.429. The molecule has 1 unspecified atom stereocenters. The molecule has 0 spiro atoms. The van der Waals surface area contributed by atoms with Gasteiger partial charge < -0.3 is 14.2 Å². The molecule has 6 heteroatoms. The predicted molar refractivity (Wildman–Crippen MR) is 132 cm³/mol.